The summed E-state index contributed by atoms with van der Waals surface area (Å²) in [4.78, 5) is 18.4. The molecule has 30 heavy (non-hydrogen) atoms. The highest BCUT2D eigenvalue weighted by atomic mass is 32.1. The smallest absolute Gasteiger partial charge is 0.257 e. The molecule has 0 saturated heterocycles. The van der Waals surface area contributed by atoms with Crippen molar-refractivity contribution in [2.75, 3.05) is 33.4 Å². The van der Waals surface area contributed by atoms with Crippen LogP contribution in [-0.2, 0) is 0 Å². The Balaban J connectivity index is 1.60. The van der Waals surface area contributed by atoms with E-state index >= 15 is 0 Å². The Bertz CT molecular complexity index is 1090. The molecule has 0 saturated carbocycles. The lowest BCUT2D eigenvalue weighted by Gasteiger charge is -2.13. The van der Waals surface area contributed by atoms with Crippen LogP contribution in [0.2, 0.25) is 0 Å². The minimum atomic E-state index is -0.333. The quantitative estimate of drug-likeness (QED) is 0.632. The molecular weight excluding hydrogens is 408 g/mol. The molecule has 156 valence electrons. The molecule has 0 aliphatic carbocycles. The molecule has 4 rings (SSSR count). The summed E-state index contributed by atoms with van der Waals surface area (Å²) < 4.78 is 26.7. The summed E-state index contributed by atoms with van der Waals surface area (Å²) in [5.41, 5.74) is 2.03. The average Bonchev–Trinajstić information content (AvgIpc) is 3.37. The van der Waals surface area contributed by atoms with Crippen molar-refractivity contribution >= 4 is 22.4 Å². The Morgan fingerprint density at radius 2 is 1.73 bits per heavy atom. The predicted octanol–water partition coefficient (Wildman–Crippen LogP) is 4.13. The fourth-order valence-corrected chi connectivity index (χ4v) is 3.97. The Kier molecular flexibility index (Phi) is 5.37. The van der Waals surface area contributed by atoms with Crippen LogP contribution in [0.5, 0.6) is 28.7 Å². The second kappa shape index (κ2) is 8.11. The van der Waals surface area contributed by atoms with Gasteiger partial charge in [0, 0.05) is 16.0 Å². The van der Waals surface area contributed by atoms with Gasteiger partial charge in [-0.2, -0.15) is 0 Å². The Morgan fingerprint density at radius 1 is 1.03 bits per heavy atom. The number of hydrogen-bond acceptors (Lipinski definition) is 8. The number of hydrogen-bond donors (Lipinski definition) is 1. The van der Waals surface area contributed by atoms with Crippen molar-refractivity contribution in [3.63, 3.8) is 0 Å². The first-order chi connectivity index (χ1) is 14.5. The van der Waals surface area contributed by atoms with Gasteiger partial charge in [0.2, 0.25) is 12.5 Å². The number of carbonyl (C=O) groups excluding carboxylic acids is 1. The zero-order valence-electron chi connectivity index (χ0n) is 16.9. The number of nitrogens with one attached hydrogen (secondary N) is 1. The van der Waals surface area contributed by atoms with Crippen molar-refractivity contribution in [2.24, 2.45) is 0 Å². The summed E-state index contributed by atoms with van der Waals surface area (Å²) in [7, 11) is 4.51. The van der Waals surface area contributed by atoms with Crippen molar-refractivity contribution < 1.29 is 28.5 Å². The summed E-state index contributed by atoms with van der Waals surface area (Å²) in [6, 6.07) is 8.84. The van der Waals surface area contributed by atoms with Crippen molar-refractivity contribution in [3.8, 4) is 40.0 Å². The highest BCUT2D eigenvalue weighted by Crippen LogP contribution is 2.40. The van der Waals surface area contributed by atoms with E-state index in [9.17, 15) is 4.79 Å². The molecule has 8 nitrogen and oxygen atoms in total. The van der Waals surface area contributed by atoms with Gasteiger partial charge < -0.3 is 23.7 Å². The molecule has 0 unspecified atom stereocenters. The molecule has 1 aromatic heterocycles. The predicted molar refractivity (Wildman–Crippen MR) is 112 cm³/mol. The highest BCUT2D eigenvalue weighted by molar-refractivity contribution is 7.16. The third kappa shape index (κ3) is 3.59. The first-order valence-corrected chi connectivity index (χ1v) is 9.84. The third-order valence-corrected chi connectivity index (χ3v) is 5.48. The number of nitrogens with zero attached hydrogens (tertiary/aromatic N) is 1. The lowest BCUT2D eigenvalue weighted by Crippen LogP contribution is -2.12. The highest BCUT2D eigenvalue weighted by Gasteiger charge is 2.20. The van der Waals surface area contributed by atoms with E-state index < -0.39 is 0 Å². The molecule has 9 heteroatoms. The molecule has 0 bridgehead atoms. The van der Waals surface area contributed by atoms with Gasteiger partial charge in [-0.05, 0) is 37.3 Å². The van der Waals surface area contributed by atoms with E-state index in [2.05, 4.69) is 10.3 Å². The fraction of sp³-hybridized carbons (Fsp3) is 0.238. The van der Waals surface area contributed by atoms with Crippen LogP contribution in [0.4, 0.5) is 5.13 Å². The lowest BCUT2D eigenvalue weighted by molar-refractivity contribution is 0.102. The first kappa shape index (κ1) is 19.8. The summed E-state index contributed by atoms with van der Waals surface area (Å²) >= 11 is 1.39. The molecule has 1 amide bonds. The average molecular weight is 428 g/mol. The van der Waals surface area contributed by atoms with E-state index in [0.29, 0.717) is 39.4 Å². The van der Waals surface area contributed by atoms with E-state index in [-0.39, 0.29) is 12.7 Å². The van der Waals surface area contributed by atoms with Crippen molar-refractivity contribution in [2.45, 2.75) is 6.92 Å². The Hall–Kier alpha value is -3.46. The molecule has 0 fully saturated rings. The molecule has 0 radical (unpaired) electrons. The van der Waals surface area contributed by atoms with Crippen LogP contribution in [0.3, 0.4) is 0 Å². The number of aromatic nitrogens is 1. The molecule has 0 spiro atoms. The number of thiazole rings is 1. The molecule has 2 heterocycles. The molecule has 1 aliphatic heterocycles. The standard InChI is InChI=1S/C21H20N2O6S/c1-11-18(12-5-6-14-15(7-12)29-10-28-14)22-21(30-11)23-20(24)13-8-16(25-2)19(27-4)17(9-13)26-3/h5-9H,10H2,1-4H3,(H,22,23,24). The first-order valence-electron chi connectivity index (χ1n) is 9.03. The van der Waals surface area contributed by atoms with Crippen LogP contribution in [0.15, 0.2) is 30.3 Å². The maximum absolute atomic E-state index is 12.8. The van der Waals surface area contributed by atoms with Gasteiger partial charge in [-0.15, -0.1) is 11.3 Å². The number of anilines is 1. The second-order valence-electron chi connectivity index (χ2n) is 6.36. The van der Waals surface area contributed by atoms with Gasteiger partial charge in [0.1, 0.15) is 0 Å². The van der Waals surface area contributed by atoms with E-state index in [0.717, 1.165) is 16.1 Å². The summed E-state index contributed by atoms with van der Waals surface area (Å²) in [6.45, 7) is 2.16. The van der Waals surface area contributed by atoms with E-state index in [1.54, 1.807) is 12.1 Å². The zero-order valence-corrected chi connectivity index (χ0v) is 17.7. The van der Waals surface area contributed by atoms with E-state index in [1.807, 2.05) is 25.1 Å². The molecule has 1 aliphatic rings. The van der Waals surface area contributed by atoms with Gasteiger partial charge in [0.25, 0.3) is 5.91 Å². The third-order valence-electron chi connectivity index (χ3n) is 4.59. The number of aryl methyl sites for hydroxylation is 1. The molecule has 0 atom stereocenters. The number of carbonyl (C=O) groups is 1. The monoisotopic (exact) mass is 428 g/mol. The number of fused-ring (bicyclic) bond motifs is 1. The second-order valence-corrected chi connectivity index (χ2v) is 7.56. The van der Waals surface area contributed by atoms with Crippen LogP contribution in [0.1, 0.15) is 15.2 Å². The van der Waals surface area contributed by atoms with E-state index in [1.165, 1.54) is 32.7 Å². The summed E-state index contributed by atoms with van der Waals surface area (Å²) in [5, 5.41) is 3.33. The SMILES string of the molecule is COc1cc(C(=O)Nc2nc(-c3ccc4c(c3)OCO4)c(C)s2)cc(OC)c1OC. The number of benzene rings is 2. The summed E-state index contributed by atoms with van der Waals surface area (Å²) in [5.74, 6) is 2.29. The maximum atomic E-state index is 12.8. The fourth-order valence-electron chi connectivity index (χ4n) is 3.14. The van der Waals surface area contributed by atoms with Crippen LogP contribution in [0.25, 0.3) is 11.3 Å². The van der Waals surface area contributed by atoms with Crippen LogP contribution in [0, 0.1) is 6.92 Å². The van der Waals surface area contributed by atoms with Crippen LogP contribution in [-0.4, -0.2) is 39.0 Å². The van der Waals surface area contributed by atoms with Gasteiger partial charge in [0.05, 0.1) is 27.0 Å². The Morgan fingerprint density at radius 3 is 2.40 bits per heavy atom. The number of rotatable bonds is 6. The number of amides is 1. The van der Waals surface area contributed by atoms with Gasteiger partial charge >= 0.3 is 0 Å². The van der Waals surface area contributed by atoms with Gasteiger partial charge in [-0.1, -0.05) is 0 Å². The zero-order chi connectivity index (χ0) is 21.3. The maximum Gasteiger partial charge on any atom is 0.257 e. The van der Waals surface area contributed by atoms with Crippen molar-refractivity contribution in [1.82, 2.24) is 4.98 Å². The lowest BCUT2D eigenvalue weighted by atomic mass is 10.1. The Labute approximate surface area is 177 Å². The number of ether oxygens (including phenoxy) is 5. The van der Waals surface area contributed by atoms with Gasteiger partial charge in [-0.25, -0.2) is 4.98 Å². The van der Waals surface area contributed by atoms with Crippen LogP contribution < -0.4 is 29.0 Å². The van der Waals surface area contributed by atoms with Crippen molar-refractivity contribution in [3.05, 3.63) is 40.8 Å². The minimum Gasteiger partial charge on any atom is -0.493 e. The van der Waals surface area contributed by atoms with Crippen LogP contribution >= 0.6 is 11.3 Å². The largest absolute Gasteiger partial charge is 0.493 e. The van der Waals surface area contributed by atoms with Gasteiger partial charge in [0.15, 0.2) is 28.1 Å². The number of methoxy groups -OCH3 is 3. The topological polar surface area (TPSA) is 88.1 Å². The van der Waals surface area contributed by atoms with E-state index in [4.69, 9.17) is 23.7 Å². The minimum absolute atomic E-state index is 0.213. The summed E-state index contributed by atoms with van der Waals surface area (Å²) in [6.07, 6.45) is 0. The molecular formula is C21H20N2O6S. The molecule has 3 aromatic rings. The van der Waals surface area contributed by atoms with Crippen molar-refractivity contribution in [1.29, 1.82) is 0 Å². The normalized spacial score (nSPS) is 11.9. The molecule has 1 N–H and O–H groups in total. The van der Waals surface area contributed by atoms with Gasteiger partial charge in [-0.3, -0.25) is 10.1 Å². The molecule has 2 aromatic carbocycles.